The van der Waals surface area contributed by atoms with Crippen LogP contribution in [0, 0.1) is 11.3 Å². The van der Waals surface area contributed by atoms with Gasteiger partial charge in [0.25, 0.3) is 5.91 Å². The zero-order chi connectivity index (χ0) is 20.3. The van der Waals surface area contributed by atoms with Crippen LogP contribution in [0.4, 0.5) is 6.01 Å². The molecule has 0 radical (unpaired) electrons. The summed E-state index contributed by atoms with van der Waals surface area (Å²) in [5, 5.41) is 18.3. The number of amides is 1. The van der Waals surface area contributed by atoms with Gasteiger partial charge in [-0.2, -0.15) is 5.26 Å². The van der Waals surface area contributed by atoms with Crippen LogP contribution in [0.15, 0.2) is 57.8 Å². The molecule has 3 rings (SSSR count). The lowest BCUT2D eigenvalue weighted by Gasteiger charge is -2.08. The van der Waals surface area contributed by atoms with Crippen LogP contribution in [0.1, 0.15) is 29.8 Å². The van der Waals surface area contributed by atoms with Gasteiger partial charge in [-0.15, -0.1) is 5.10 Å². The molecular weight excluding hydrogens is 380 g/mol. The third-order valence-corrected chi connectivity index (χ3v) is 6.10. The number of sulfone groups is 1. The third kappa shape index (κ3) is 3.92. The predicted octanol–water partition coefficient (Wildman–Crippen LogP) is 3.04. The highest BCUT2D eigenvalue weighted by molar-refractivity contribution is 7.92. The van der Waals surface area contributed by atoms with Gasteiger partial charge in [0, 0.05) is 11.1 Å². The molecule has 0 saturated carbocycles. The molecule has 142 valence electrons. The smallest absolute Gasteiger partial charge is 0.322 e. The Morgan fingerprint density at radius 1 is 1.14 bits per heavy atom. The van der Waals surface area contributed by atoms with Gasteiger partial charge in [-0.1, -0.05) is 11.2 Å². The maximum atomic E-state index is 12.3. The first-order valence-electron chi connectivity index (χ1n) is 8.30. The van der Waals surface area contributed by atoms with E-state index in [4.69, 9.17) is 9.68 Å². The van der Waals surface area contributed by atoms with Crippen LogP contribution in [-0.4, -0.2) is 29.8 Å². The molecule has 0 unspecified atom stereocenters. The number of benzene rings is 2. The molecule has 0 spiro atoms. The zero-order valence-electron chi connectivity index (χ0n) is 15.1. The van der Waals surface area contributed by atoms with Crippen LogP contribution in [0.2, 0.25) is 0 Å². The van der Waals surface area contributed by atoms with Crippen molar-refractivity contribution < 1.29 is 17.6 Å². The first kappa shape index (κ1) is 19.3. The minimum atomic E-state index is -3.44. The van der Waals surface area contributed by atoms with E-state index < -0.39 is 21.0 Å². The normalized spacial score (nSPS) is 11.2. The van der Waals surface area contributed by atoms with Gasteiger partial charge in [0.15, 0.2) is 9.84 Å². The Hall–Kier alpha value is -3.51. The lowest BCUT2D eigenvalue weighted by Crippen LogP contribution is -2.13. The summed E-state index contributed by atoms with van der Waals surface area (Å²) in [7, 11) is -3.44. The fourth-order valence-electron chi connectivity index (χ4n) is 2.33. The Morgan fingerprint density at radius 3 is 2.50 bits per heavy atom. The number of nitrogens with zero attached hydrogens (tertiary/aromatic N) is 3. The van der Waals surface area contributed by atoms with Crippen molar-refractivity contribution >= 4 is 21.8 Å². The third-order valence-electron chi connectivity index (χ3n) is 3.95. The van der Waals surface area contributed by atoms with E-state index in [2.05, 4.69) is 15.5 Å². The van der Waals surface area contributed by atoms with Crippen molar-refractivity contribution in [2.24, 2.45) is 0 Å². The lowest BCUT2D eigenvalue weighted by molar-refractivity contribution is 0.102. The Balaban J connectivity index is 1.81. The van der Waals surface area contributed by atoms with E-state index in [0.717, 1.165) is 0 Å². The second-order valence-electron chi connectivity index (χ2n) is 6.18. The predicted molar refractivity (Wildman–Crippen MR) is 101 cm³/mol. The number of aromatic nitrogens is 2. The molecule has 0 atom stereocenters. The topological polar surface area (TPSA) is 126 Å². The van der Waals surface area contributed by atoms with E-state index in [1.165, 1.54) is 36.4 Å². The minimum Gasteiger partial charge on any atom is -0.403 e. The fraction of sp³-hybridized carbons (Fsp3) is 0.158. The van der Waals surface area contributed by atoms with Crippen molar-refractivity contribution in [3.63, 3.8) is 0 Å². The van der Waals surface area contributed by atoms with Crippen LogP contribution in [-0.2, 0) is 9.84 Å². The van der Waals surface area contributed by atoms with Crippen LogP contribution < -0.4 is 5.32 Å². The van der Waals surface area contributed by atoms with Gasteiger partial charge in [0.05, 0.1) is 21.8 Å². The van der Waals surface area contributed by atoms with Gasteiger partial charge in [0.1, 0.15) is 0 Å². The molecule has 9 heteroatoms. The van der Waals surface area contributed by atoms with Gasteiger partial charge in [-0.25, -0.2) is 8.42 Å². The van der Waals surface area contributed by atoms with Crippen molar-refractivity contribution in [1.82, 2.24) is 10.2 Å². The summed E-state index contributed by atoms with van der Waals surface area (Å²) < 4.78 is 30.1. The van der Waals surface area contributed by atoms with Gasteiger partial charge in [-0.3, -0.25) is 10.1 Å². The van der Waals surface area contributed by atoms with Crippen molar-refractivity contribution in [3.05, 3.63) is 59.7 Å². The SMILES string of the molecule is CC(C)S(=O)(=O)c1cccc(-c2nnc(NC(=O)c3ccc(C#N)cc3)o2)c1. The number of rotatable bonds is 5. The number of hydrogen-bond acceptors (Lipinski definition) is 7. The van der Waals surface area contributed by atoms with E-state index in [1.807, 2.05) is 6.07 Å². The molecule has 0 fully saturated rings. The van der Waals surface area contributed by atoms with Gasteiger partial charge in [-0.05, 0) is 56.3 Å². The number of anilines is 1. The Bertz CT molecular complexity index is 1160. The maximum absolute atomic E-state index is 12.3. The van der Waals surface area contributed by atoms with Crippen molar-refractivity contribution in [2.45, 2.75) is 24.0 Å². The molecule has 2 aromatic carbocycles. The quantitative estimate of drug-likeness (QED) is 0.702. The summed E-state index contributed by atoms with van der Waals surface area (Å²) in [5.74, 6) is -0.397. The molecule has 1 aromatic heterocycles. The zero-order valence-corrected chi connectivity index (χ0v) is 15.9. The molecule has 0 aliphatic carbocycles. The molecule has 0 bridgehead atoms. The number of carbonyl (C=O) groups excluding carboxylic acids is 1. The molecule has 28 heavy (non-hydrogen) atoms. The highest BCUT2D eigenvalue weighted by atomic mass is 32.2. The van der Waals surface area contributed by atoms with Gasteiger partial charge >= 0.3 is 6.01 Å². The first-order valence-corrected chi connectivity index (χ1v) is 9.85. The number of hydrogen-bond donors (Lipinski definition) is 1. The Labute approximate surface area is 161 Å². The second-order valence-corrected chi connectivity index (χ2v) is 8.68. The van der Waals surface area contributed by atoms with Crippen LogP contribution in [0.5, 0.6) is 0 Å². The molecule has 1 heterocycles. The summed E-state index contributed by atoms with van der Waals surface area (Å²) in [4.78, 5) is 12.4. The van der Waals surface area contributed by atoms with Crippen LogP contribution >= 0.6 is 0 Å². The summed E-state index contributed by atoms with van der Waals surface area (Å²) >= 11 is 0. The Kier molecular flexibility index (Phi) is 5.24. The summed E-state index contributed by atoms with van der Waals surface area (Å²) in [6.07, 6.45) is 0. The molecule has 0 aliphatic rings. The molecule has 0 saturated heterocycles. The van der Waals surface area contributed by atoms with E-state index in [1.54, 1.807) is 26.0 Å². The van der Waals surface area contributed by atoms with E-state index in [-0.39, 0.29) is 16.8 Å². The molecular formula is C19H16N4O4S. The van der Waals surface area contributed by atoms with Crippen LogP contribution in [0.3, 0.4) is 0 Å². The summed E-state index contributed by atoms with van der Waals surface area (Å²) in [5.41, 5.74) is 1.18. The van der Waals surface area contributed by atoms with Crippen molar-refractivity contribution in [1.29, 1.82) is 5.26 Å². The highest BCUT2D eigenvalue weighted by Crippen LogP contribution is 2.25. The Morgan fingerprint density at radius 2 is 1.86 bits per heavy atom. The monoisotopic (exact) mass is 396 g/mol. The standard InChI is InChI=1S/C19H16N4O4S/c1-12(2)28(25,26)16-5-3-4-15(10-16)18-22-23-19(27-18)21-17(24)14-8-6-13(11-20)7-9-14/h3-10,12H,1-2H3,(H,21,23,24). The second kappa shape index (κ2) is 7.62. The summed E-state index contributed by atoms with van der Waals surface area (Å²) in [6.45, 7) is 3.21. The molecule has 1 amide bonds. The average molecular weight is 396 g/mol. The minimum absolute atomic E-state index is 0.0796. The fourth-order valence-corrected chi connectivity index (χ4v) is 3.44. The average Bonchev–Trinajstić information content (AvgIpc) is 3.16. The number of nitrogens with one attached hydrogen (secondary N) is 1. The lowest BCUT2D eigenvalue weighted by atomic mass is 10.1. The van der Waals surface area contributed by atoms with Crippen LogP contribution in [0.25, 0.3) is 11.5 Å². The largest absolute Gasteiger partial charge is 0.403 e. The molecule has 8 nitrogen and oxygen atoms in total. The molecule has 3 aromatic rings. The van der Waals surface area contributed by atoms with Crippen molar-refractivity contribution in [3.8, 4) is 17.5 Å². The highest BCUT2D eigenvalue weighted by Gasteiger charge is 2.20. The molecule has 0 aliphatic heterocycles. The van der Waals surface area contributed by atoms with E-state index in [0.29, 0.717) is 16.7 Å². The number of carbonyl (C=O) groups is 1. The van der Waals surface area contributed by atoms with E-state index >= 15 is 0 Å². The maximum Gasteiger partial charge on any atom is 0.322 e. The van der Waals surface area contributed by atoms with E-state index in [9.17, 15) is 13.2 Å². The number of nitriles is 1. The summed E-state index contributed by atoms with van der Waals surface area (Å²) in [6, 6.07) is 14.1. The van der Waals surface area contributed by atoms with Gasteiger partial charge in [0.2, 0.25) is 5.89 Å². The van der Waals surface area contributed by atoms with Gasteiger partial charge < -0.3 is 4.42 Å². The molecule has 1 N–H and O–H groups in total. The van der Waals surface area contributed by atoms with Crippen molar-refractivity contribution in [2.75, 3.05) is 5.32 Å². The first-order chi connectivity index (χ1) is 13.3.